The van der Waals surface area contributed by atoms with Gasteiger partial charge in [0.25, 0.3) is 0 Å². The Bertz CT molecular complexity index is 955. The highest BCUT2D eigenvalue weighted by atomic mass is 32.2. The number of benzene rings is 2. The van der Waals surface area contributed by atoms with Gasteiger partial charge < -0.3 is 9.64 Å². The molecule has 1 unspecified atom stereocenters. The maximum absolute atomic E-state index is 12.5. The number of fused-ring (bicyclic) bond motifs is 3. The molecule has 2 aliphatic heterocycles. The predicted octanol–water partition coefficient (Wildman–Crippen LogP) is 2.43. The number of nitrogens with zero attached hydrogens (tertiary/aromatic N) is 1. The molecular weight excluding hydrogens is 340 g/mol. The minimum Gasteiger partial charge on any atom is -0.423 e. The zero-order valence-electron chi connectivity index (χ0n) is 13.7. The normalized spacial score (nSPS) is 20.7. The van der Waals surface area contributed by atoms with Crippen LogP contribution in [-0.4, -0.2) is 27.1 Å². The van der Waals surface area contributed by atoms with E-state index in [2.05, 4.69) is 4.72 Å². The van der Waals surface area contributed by atoms with Crippen molar-refractivity contribution in [3.8, 4) is 5.75 Å². The molecule has 2 aromatic carbocycles. The molecule has 25 heavy (non-hydrogen) atoms. The Balaban J connectivity index is 1.66. The summed E-state index contributed by atoms with van der Waals surface area (Å²) < 4.78 is 33.0. The molecule has 2 aliphatic rings. The molecule has 0 aliphatic carbocycles. The topological polar surface area (TPSA) is 75.7 Å². The lowest BCUT2D eigenvalue weighted by Crippen LogP contribution is -2.48. The Hall–Kier alpha value is -2.38. The zero-order chi connectivity index (χ0) is 17.6. The van der Waals surface area contributed by atoms with Crippen molar-refractivity contribution in [3.63, 3.8) is 0 Å². The number of ether oxygens (including phenoxy) is 1. The van der Waals surface area contributed by atoms with Crippen molar-refractivity contribution in [3.05, 3.63) is 53.6 Å². The molecular formula is C18H18N2O4S. The summed E-state index contributed by atoms with van der Waals surface area (Å²) in [5.41, 5.74) is 2.04. The summed E-state index contributed by atoms with van der Waals surface area (Å²) in [4.78, 5) is 14.5. The van der Waals surface area contributed by atoms with Crippen molar-refractivity contribution in [2.24, 2.45) is 0 Å². The van der Waals surface area contributed by atoms with Gasteiger partial charge in [0.1, 0.15) is 10.6 Å². The van der Waals surface area contributed by atoms with E-state index in [1.54, 1.807) is 30.3 Å². The van der Waals surface area contributed by atoms with Gasteiger partial charge in [0, 0.05) is 12.6 Å². The van der Waals surface area contributed by atoms with Crippen LogP contribution in [0.25, 0.3) is 0 Å². The highest BCUT2D eigenvalue weighted by Crippen LogP contribution is 2.37. The molecule has 130 valence electrons. The van der Waals surface area contributed by atoms with Gasteiger partial charge in [0.2, 0.25) is 10.0 Å². The number of sulfonamides is 1. The smallest absolute Gasteiger partial charge is 0.343 e. The molecule has 2 aromatic rings. The fraction of sp³-hybridized carbons (Fsp3) is 0.278. The Morgan fingerprint density at radius 2 is 2.08 bits per heavy atom. The SMILES string of the molecule is Cc1cccc(C(=O)Oc2ccc3c(c2)S(=O)(=O)NC2CCCN32)c1. The molecule has 6 nitrogen and oxygen atoms in total. The van der Waals surface area contributed by atoms with Crippen molar-refractivity contribution < 1.29 is 17.9 Å². The largest absolute Gasteiger partial charge is 0.423 e. The number of esters is 1. The Morgan fingerprint density at radius 3 is 2.88 bits per heavy atom. The van der Waals surface area contributed by atoms with Crippen molar-refractivity contribution in [2.45, 2.75) is 30.8 Å². The van der Waals surface area contributed by atoms with E-state index in [-0.39, 0.29) is 16.8 Å². The first-order valence-electron chi connectivity index (χ1n) is 8.16. The fourth-order valence-electron chi connectivity index (χ4n) is 3.37. The molecule has 2 heterocycles. The summed E-state index contributed by atoms with van der Waals surface area (Å²) in [5, 5.41) is 0. The van der Waals surface area contributed by atoms with Crippen LogP contribution in [0.5, 0.6) is 5.75 Å². The average Bonchev–Trinajstić information content (AvgIpc) is 3.02. The number of nitrogens with one attached hydrogen (secondary N) is 1. The summed E-state index contributed by atoms with van der Waals surface area (Å²) in [6, 6.07) is 11.8. The summed E-state index contributed by atoms with van der Waals surface area (Å²) >= 11 is 0. The van der Waals surface area contributed by atoms with Crippen LogP contribution in [0.2, 0.25) is 0 Å². The lowest BCUT2D eigenvalue weighted by Gasteiger charge is -2.33. The highest BCUT2D eigenvalue weighted by molar-refractivity contribution is 7.89. The van der Waals surface area contributed by atoms with Gasteiger partial charge in [-0.05, 0) is 44.0 Å². The molecule has 1 N–H and O–H groups in total. The van der Waals surface area contributed by atoms with Crippen LogP contribution in [0, 0.1) is 6.92 Å². The molecule has 0 bridgehead atoms. The summed E-state index contributed by atoms with van der Waals surface area (Å²) in [6.45, 7) is 2.70. The monoisotopic (exact) mass is 358 g/mol. The molecule has 0 saturated carbocycles. The number of aryl methyl sites for hydroxylation is 1. The van der Waals surface area contributed by atoms with Crippen molar-refractivity contribution in [2.75, 3.05) is 11.4 Å². The maximum Gasteiger partial charge on any atom is 0.343 e. The van der Waals surface area contributed by atoms with Gasteiger partial charge in [0.05, 0.1) is 17.4 Å². The molecule has 1 saturated heterocycles. The number of anilines is 1. The molecule has 7 heteroatoms. The first-order valence-corrected chi connectivity index (χ1v) is 9.64. The quantitative estimate of drug-likeness (QED) is 0.659. The first-order chi connectivity index (χ1) is 11.9. The summed E-state index contributed by atoms with van der Waals surface area (Å²) in [7, 11) is -3.61. The number of hydrogen-bond acceptors (Lipinski definition) is 5. The van der Waals surface area contributed by atoms with E-state index in [1.807, 2.05) is 17.9 Å². The van der Waals surface area contributed by atoms with Crippen LogP contribution in [0.15, 0.2) is 47.4 Å². The van der Waals surface area contributed by atoms with Gasteiger partial charge in [-0.3, -0.25) is 0 Å². The lowest BCUT2D eigenvalue weighted by atomic mass is 10.1. The fourth-order valence-corrected chi connectivity index (χ4v) is 4.83. The standard InChI is InChI=1S/C18H18N2O4S/c1-12-4-2-5-13(10-12)18(21)24-14-7-8-15-16(11-14)25(22,23)19-17-6-3-9-20(15)17/h2,4-5,7-8,10-11,17,19H,3,6,9H2,1H3. The van der Waals surface area contributed by atoms with E-state index in [0.29, 0.717) is 11.3 Å². The molecule has 0 spiro atoms. The van der Waals surface area contributed by atoms with Gasteiger partial charge in [-0.1, -0.05) is 17.7 Å². The minimum atomic E-state index is -3.61. The van der Waals surface area contributed by atoms with Gasteiger partial charge in [-0.15, -0.1) is 0 Å². The van der Waals surface area contributed by atoms with E-state index >= 15 is 0 Å². The van der Waals surface area contributed by atoms with Gasteiger partial charge in [-0.2, -0.15) is 4.72 Å². The molecule has 0 amide bonds. The molecule has 0 aromatic heterocycles. The second-order valence-electron chi connectivity index (χ2n) is 6.36. The molecule has 0 radical (unpaired) electrons. The van der Waals surface area contributed by atoms with Crippen LogP contribution in [0.1, 0.15) is 28.8 Å². The third kappa shape index (κ3) is 2.89. The Morgan fingerprint density at radius 1 is 1.24 bits per heavy atom. The third-order valence-corrected chi connectivity index (χ3v) is 6.03. The summed E-state index contributed by atoms with van der Waals surface area (Å²) in [5.74, 6) is -0.294. The highest BCUT2D eigenvalue weighted by Gasteiger charge is 2.37. The van der Waals surface area contributed by atoms with Crippen molar-refractivity contribution in [1.82, 2.24) is 4.72 Å². The molecule has 1 fully saturated rings. The van der Waals surface area contributed by atoms with Crippen molar-refractivity contribution in [1.29, 1.82) is 0 Å². The second-order valence-corrected chi connectivity index (χ2v) is 8.04. The minimum absolute atomic E-state index is 0.153. The first kappa shape index (κ1) is 16.1. The lowest BCUT2D eigenvalue weighted by molar-refractivity contribution is 0.0734. The van der Waals surface area contributed by atoms with Crippen molar-refractivity contribution >= 4 is 21.7 Å². The maximum atomic E-state index is 12.5. The predicted molar refractivity (Wildman–Crippen MR) is 93.3 cm³/mol. The Labute approximate surface area is 146 Å². The average molecular weight is 358 g/mol. The zero-order valence-corrected chi connectivity index (χ0v) is 14.5. The number of rotatable bonds is 2. The van der Waals surface area contributed by atoms with Crippen LogP contribution in [-0.2, 0) is 10.0 Å². The van der Waals surface area contributed by atoms with Gasteiger partial charge in [-0.25, -0.2) is 13.2 Å². The number of carbonyl (C=O) groups excluding carboxylic acids is 1. The van der Waals surface area contributed by atoms with E-state index < -0.39 is 16.0 Å². The van der Waals surface area contributed by atoms with Crippen LogP contribution in [0.4, 0.5) is 5.69 Å². The van der Waals surface area contributed by atoms with Crippen LogP contribution < -0.4 is 14.4 Å². The summed E-state index contributed by atoms with van der Waals surface area (Å²) in [6.07, 6.45) is 1.55. The van der Waals surface area contributed by atoms with Gasteiger partial charge in [0.15, 0.2) is 0 Å². The van der Waals surface area contributed by atoms with Crippen LogP contribution >= 0.6 is 0 Å². The van der Waals surface area contributed by atoms with E-state index in [4.69, 9.17) is 4.74 Å². The third-order valence-electron chi connectivity index (χ3n) is 4.54. The van der Waals surface area contributed by atoms with E-state index in [0.717, 1.165) is 24.9 Å². The van der Waals surface area contributed by atoms with E-state index in [9.17, 15) is 13.2 Å². The second kappa shape index (κ2) is 5.86. The van der Waals surface area contributed by atoms with Gasteiger partial charge >= 0.3 is 5.97 Å². The molecule has 1 atom stereocenters. The molecule has 4 rings (SSSR count). The Kier molecular flexibility index (Phi) is 3.77. The van der Waals surface area contributed by atoms with Crippen LogP contribution in [0.3, 0.4) is 0 Å². The number of hydrogen-bond donors (Lipinski definition) is 1. The van der Waals surface area contributed by atoms with E-state index in [1.165, 1.54) is 6.07 Å². The number of carbonyl (C=O) groups is 1.